The molecular weight excluding hydrogens is 517 g/mol. The summed E-state index contributed by atoms with van der Waals surface area (Å²) in [4.78, 5) is 0. The molecule has 0 bridgehead atoms. The minimum absolute atomic E-state index is 0.273. The molecule has 0 radical (unpaired) electrons. The Kier molecular flexibility index (Phi) is 6.40. The van der Waals surface area contributed by atoms with Gasteiger partial charge in [-0.25, -0.2) is 17.6 Å². The van der Waals surface area contributed by atoms with E-state index in [1.165, 1.54) is 13.2 Å². The van der Waals surface area contributed by atoms with E-state index in [0.717, 1.165) is 6.21 Å². The molecule has 0 aliphatic rings. The Bertz CT molecular complexity index is 887. The summed E-state index contributed by atoms with van der Waals surface area (Å²) in [7, 11) is 1.33. The van der Waals surface area contributed by atoms with Crippen molar-refractivity contribution in [2.75, 3.05) is 12.5 Å². The van der Waals surface area contributed by atoms with Crippen LogP contribution in [0.1, 0.15) is 11.1 Å². The maximum Gasteiger partial charge on any atom is 0.422 e. The summed E-state index contributed by atoms with van der Waals surface area (Å²) in [5.41, 5.74) is -2.23. The van der Waals surface area contributed by atoms with Crippen LogP contribution in [0, 0.1) is 23.3 Å². The molecule has 0 amide bonds. The Balaban J connectivity index is 2.44. The van der Waals surface area contributed by atoms with Crippen LogP contribution in [-0.4, -0.2) is 13.3 Å². The number of nitrogens with one attached hydrogen (secondary N) is 1. The van der Waals surface area contributed by atoms with Crippen molar-refractivity contribution in [1.29, 1.82) is 0 Å². The van der Waals surface area contributed by atoms with Crippen LogP contribution in [0.15, 0.2) is 26.2 Å². The molecule has 0 aromatic heterocycles. The normalized spacial score (nSPS) is 11.9. The van der Waals surface area contributed by atoms with E-state index in [1.807, 2.05) is 0 Å². The van der Waals surface area contributed by atoms with Crippen molar-refractivity contribution in [2.24, 2.45) is 5.10 Å². The molecule has 3 nitrogen and oxygen atoms in total. The van der Waals surface area contributed by atoms with Crippen LogP contribution in [0.5, 0.6) is 5.75 Å². The van der Waals surface area contributed by atoms with Crippen LogP contribution in [0.3, 0.4) is 0 Å². The SMILES string of the molecule is COc1c(Br)cc(Br)cc1/C=N\Nc1c(F)c(F)c(C(F)(F)F)c(F)c1F. The monoisotopic (exact) mass is 522 g/mol. The third-order valence-electron chi connectivity index (χ3n) is 3.17. The number of ether oxygens (including phenoxy) is 1. The number of rotatable bonds is 4. The molecule has 1 N–H and O–H groups in total. The Morgan fingerprint density at radius 3 is 2.04 bits per heavy atom. The van der Waals surface area contributed by atoms with Gasteiger partial charge < -0.3 is 4.74 Å². The number of halogens is 9. The molecule has 0 unspecified atom stereocenters. The lowest BCUT2D eigenvalue weighted by Crippen LogP contribution is -2.16. The third kappa shape index (κ3) is 4.37. The average Bonchev–Trinajstić information content (AvgIpc) is 2.54. The molecule has 0 heterocycles. The van der Waals surface area contributed by atoms with Gasteiger partial charge in [-0.3, -0.25) is 5.43 Å². The lowest BCUT2D eigenvalue weighted by molar-refractivity contribution is -0.143. The van der Waals surface area contributed by atoms with Crippen LogP contribution < -0.4 is 10.2 Å². The molecular formula is C15H7Br2F7N2O. The molecule has 0 saturated heterocycles. The molecule has 0 fully saturated rings. The summed E-state index contributed by atoms with van der Waals surface area (Å²) < 4.78 is 98.4. The molecule has 2 aromatic rings. The van der Waals surface area contributed by atoms with Crippen LogP contribution >= 0.6 is 31.9 Å². The van der Waals surface area contributed by atoms with Gasteiger partial charge in [0.15, 0.2) is 23.3 Å². The van der Waals surface area contributed by atoms with Crippen molar-refractivity contribution in [1.82, 2.24) is 0 Å². The first kappa shape index (κ1) is 21.5. The minimum Gasteiger partial charge on any atom is -0.495 e. The predicted molar refractivity (Wildman–Crippen MR) is 90.9 cm³/mol. The highest BCUT2D eigenvalue weighted by Crippen LogP contribution is 2.38. The molecule has 2 rings (SSSR count). The maximum atomic E-state index is 13.8. The van der Waals surface area contributed by atoms with Crippen molar-refractivity contribution in [3.8, 4) is 5.75 Å². The van der Waals surface area contributed by atoms with Crippen molar-refractivity contribution in [3.63, 3.8) is 0 Å². The van der Waals surface area contributed by atoms with Crippen molar-refractivity contribution in [3.05, 3.63) is 55.5 Å². The van der Waals surface area contributed by atoms with Crippen molar-refractivity contribution in [2.45, 2.75) is 6.18 Å². The van der Waals surface area contributed by atoms with Gasteiger partial charge in [-0.1, -0.05) is 15.9 Å². The summed E-state index contributed by atoms with van der Waals surface area (Å²) in [5, 5.41) is 3.41. The minimum atomic E-state index is -5.62. The van der Waals surface area contributed by atoms with Gasteiger partial charge in [0.2, 0.25) is 0 Å². The molecule has 12 heteroatoms. The highest BCUT2D eigenvalue weighted by Gasteiger charge is 2.42. The smallest absolute Gasteiger partial charge is 0.422 e. The Hall–Kier alpha value is -1.82. The lowest BCUT2D eigenvalue weighted by Gasteiger charge is -2.13. The van der Waals surface area contributed by atoms with Gasteiger partial charge in [0.1, 0.15) is 17.0 Å². The van der Waals surface area contributed by atoms with Crippen molar-refractivity contribution >= 4 is 43.8 Å². The highest BCUT2D eigenvalue weighted by atomic mass is 79.9. The fourth-order valence-corrected chi connectivity index (χ4v) is 3.46. The summed E-state index contributed by atoms with van der Waals surface area (Å²) in [5.74, 6) is -9.42. The maximum absolute atomic E-state index is 13.8. The van der Waals surface area contributed by atoms with Gasteiger partial charge in [0, 0.05) is 10.0 Å². The number of nitrogens with zero attached hydrogens (tertiary/aromatic N) is 1. The van der Waals surface area contributed by atoms with E-state index in [1.54, 1.807) is 11.5 Å². The van der Waals surface area contributed by atoms with Crippen molar-refractivity contribution < 1.29 is 35.5 Å². The highest BCUT2D eigenvalue weighted by molar-refractivity contribution is 9.11. The van der Waals surface area contributed by atoms with Gasteiger partial charge >= 0.3 is 6.18 Å². The van der Waals surface area contributed by atoms with E-state index in [-0.39, 0.29) is 11.3 Å². The third-order valence-corrected chi connectivity index (χ3v) is 4.21. The standard InChI is InChI=1S/C15H7Br2F7N2O/c1-27-14-5(2-6(16)3-7(14)17)4-25-26-13-11(20)9(18)8(15(22,23)24)10(19)12(13)21/h2-4,26H,1H3/b25-4-. The zero-order valence-corrected chi connectivity index (χ0v) is 16.2. The Morgan fingerprint density at radius 1 is 1.00 bits per heavy atom. The fourth-order valence-electron chi connectivity index (χ4n) is 2.04. The van der Waals surface area contributed by atoms with Gasteiger partial charge in [0.25, 0.3) is 0 Å². The first-order valence-corrected chi connectivity index (χ1v) is 8.32. The fraction of sp³-hybridized carbons (Fsp3) is 0.133. The number of anilines is 1. The quantitative estimate of drug-likeness (QED) is 0.223. The van der Waals surface area contributed by atoms with Gasteiger partial charge in [0.05, 0.1) is 17.8 Å². The lowest BCUT2D eigenvalue weighted by atomic mass is 10.1. The van der Waals surface area contributed by atoms with Crippen LogP contribution in [-0.2, 0) is 6.18 Å². The van der Waals surface area contributed by atoms with Crippen LogP contribution in [0.4, 0.5) is 36.4 Å². The van der Waals surface area contributed by atoms with Crippen LogP contribution in [0.2, 0.25) is 0 Å². The van der Waals surface area contributed by atoms with E-state index in [4.69, 9.17) is 4.74 Å². The van der Waals surface area contributed by atoms with E-state index in [0.29, 0.717) is 8.95 Å². The second-order valence-electron chi connectivity index (χ2n) is 4.88. The molecule has 0 atom stereocenters. The topological polar surface area (TPSA) is 33.6 Å². The number of methoxy groups -OCH3 is 1. The molecule has 0 spiro atoms. The average molecular weight is 524 g/mol. The van der Waals surface area contributed by atoms with E-state index in [2.05, 4.69) is 37.0 Å². The number of hydrazone groups is 1. The Labute approximate surface area is 164 Å². The molecule has 0 saturated carbocycles. The first-order valence-electron chi connectivity index (χ1n) is 6.74. The number of hydrogen-bond donors (Lipinski definition) is 1. The largest absolute Gasteiger partial charge is 0.495 e. The molecule has 146 valence electrons. The first-order chi connectivity index (χ1) is 12.5. The number of benzene rings is 2. The van der Waals surface area contributed by atoms with Gasteiger partial charge in [-0.2, -0.15) is 18.3 Å². The number of hydrogen-bond acceptors (Lipinski definition) is 3. The molecule has 2 aromatic carbocycles. The summed E-state index contributed by atoms with van der Waals surface area (Å²) >= 11 is 6.39. The van der Waals surface area contributed by atoms with Gasteiger partial charge in [-0.15, -0.1) is 0 Å². The van der Waals surface area contributed by atoms with E-state index in [9.17, 15) is 30.7 Å². The van der Waals surface area contributed by atoms with E-state index < -0.39 is 40.7 Å². The second kappa shape index (κ2) is 8.05. The zero-order valence-electron chi connectivity index (χ0n) is 13.0. The Morgan fingerprint density at radius 2 is 1.56 bits per heavy atom. The molecule has 27 heavy (non-hydrogen) atoms. The second-order valence-corrected chi connectivity index (χ2v) is 6.65. The summed E-state index contributed by atoms with van der Waals surface area (Å²) in [6.07, 6.45) is -4.63. The zero-order chi connectivity index (χ0) is 20.5. The molecule has 0 aliphatic heterocycles. The van der Waals surface area contributed by atoms with Crippen LogP contribution in [0.25, 0.3) is 0 Å². The predicted octanol–water partition coefficient (Wildman–Crippen LogP) is 6.24. The number of alkyl halides is 3. The molecule has 0 aliphatic carbocycles. The van der Waals surface area contributed by atoms with E-state index >= 15 is 0 Å². The van der Waals surface area contributed by atoms with Gasteiger partial charge in [-0.05, 0) is 28.1 Å². The summed E-state index contributed by atoms with van der Waals surface area (Å²) in [6, 6.07) is 3.12. The summed E-state index contributed by atoms with van der Waals surface area (Å²) in [6.45, 7) is 0.